The third kappa shape index (κ3) is 2.23. The van der Waals surface area contributed by atoms with E-state index in [0.29, 0.717) is 21.4 Å². The molecule has 0 aliphatic rings. The molecule has 0 amide bonds. The number of nitrogens with two attached hydrogens (primary N) is 1. The molecule has 4 N–H and O–H groups in total. The van der Waals surface area contributed by atoms with Crippen molar-refractivity contribution in [1.29, 1.82) is 0 Å². The second-order valence-corrected chi connectivity index (χ2v) is 4.62. The van der Waals surface area contributed by atoms with Gasteiger partial charge in [0.1, 0.15) is 27.6 Å². The second-order valence-electron chi connectivity index (χ2n) is 3.61. The number of nitrogens with one attached hydrogen (secondary N) is 1. The van der Waals surface area contributed by atoms with E-state index in [-0.39, 0.29) is 5.84 Å². The number of fused-ring (bicyclic) bond motifs is 1. The molecule has 100 valence electrons. The van der Waals surface area contributed by atoms with E-state index in [0.717, 1.165) is 5.52 Å². The standard InChI is InChI=1S/C10H8N8OS/c11-8(18-19)5-1-13-6(2-12-5)20-10-7-9(15-3-14-7)16-4-17-10/h1-4,19H,(H2,11,18)(H,14,15,16,17). The van der Waals surface area contributed by atoms with Crippen molar-refractivity contribution in [2.45, 2.75) is 10.1 Å². The predicted octanol–water partition coefficient (Wildman–Crippen LogP) is 0.389. The Morgan fingerprint density at radius 1 is 1.20 bits per heavy atom. The molecule has 3 rings (SSSR count). The van der Waals surface area contributed by atoms with E-state index in [9.17, 15) is 0 Å². The molecule has 0 saturated carbocycles. The van der Waals surface area contributed by atoms with Crippen molar-refractivity contribution in [3.8, 4) is 0 Å². The van der Waals surface area contributed by atoms with Gasteiger partial charge in [0.25, 0.3) is 0 Å². The van der Waals surface area contributed by atoms with Gasteiger partial charge in [-0.3, -0.25) is 0 Å². The lowest BCUT2D eigenvalue weighted by Gasteiger charge is -2.01. The summed E-state index contributed by atoms with van der Waals surface area (Å²) in [5, 5.41) is 12.7. The van der Waals surface area contributed by atoms with Crippen LogP contribution in [-0.2, 0) is 0 Å². The lowest BCUT2D eigenvalue weighted by atomic mass is 10.4. The molecule has 0 saturated heterocycles. The molecule has 0 radical (unpaired) electrons. The van der Waals surface area contributed by atoms with E-state index in [1.807, 2.05) is 0 Å². The number of hydrogen-bond acceptors (Lipinski definition) is 8. The lowest BCUT2D eigenvalue weighted by molar-refractivity contribution is 0.318. The van der Waals surface area contributed by atoms with Crippen LogP contribution in [0.25, 0.3) is 11.2 Å². The Labute approximate surface area is 116 Å². The summed E-state index contributed by atoms with van der Waals surface area (Å²) in [6.45, 7) is 0. The fraction of sp³-hybridized carbons (Fsp3) is 0. The maximum atomic E-state index is 8.55. The van der Waals surface area contributed by atoms with Crippen LogP contribution in [0.3, 0.4) is 0 Å². The first-order valence-electron chi connectivity index (χ1n) is 5.40. The van der Waals surface area contributed by atoms with Gasteiger partial charge in [0, 0.05) is 0 Å². The molecule has 0 aliphatic carbocycles. The normalized spacial score (nSPS) is 11.9. The van der Waals surface area contributed by atoms with Gasteiger partial charge in [0.2, 0.25) is 0 Å². The highest BCUT2D eigenvalue weighted by atomic mass is 32.2. The van der Waals surface area contributed by atoms with Gasteiger partial charge >= 0.3 is 0 Å². The van der Waals surface area contributed by atoms with Gasteiger partial charge in [-0.25, -0.2) is 24.9 Å². The van der Waals surface area contributed by atoms with Gasteiger partial charge in [0.15, 0.2) is 11.5 Å². The molecule has 0 aromatic carbocycles. The van der Waals surface area contributed by atoms with Crippen molar-refractivity contribution < 1.29 is 5.21 Å². The highest BCUT2D eigenvalue weighted by molar-refractivity contribution is 7.99. The molecular weight excluding hydrogens is 280 g/mol. The average molecular weight is 288 g/mol. The summed E-state index contributed by atoms with van der Waals surface area (Å²) >= 11 is 1.31. The largest absolute Gasteiger partial charge is 0.409 e. The minimum atomic E-state index is -0.0907. The SMILES string of the molecule is NC(=NO)c1cnc(Sc2ncnc3nc[nH]c23)cn1. The Morgan fingerprint density at radius 3 is 2.85 bits per heavy atom. The number of rotatable bonds is 3. The molecule has 3 aromatic rings. The molecule has 10 heteroatoms. The molecule has 20 heavy (non-hydrogen) atoms. The van der Waals surface area contributed by atoms with Crippen LogP contribution < -0.4 is 5.73 Å². The van der Waals surface area contributed by atoms with Crippen LogP contribution in [-0.4, -0.2) is 40.9 Å². The third-order valence-corrected chi connectivity index (χ3v) is 3.31. The van der Waals surface area contributed by atoms with Crippen molar-refractivity contribution in [2.24, 2.45) is 10.9 Å². The van der Waals surface area contributed by atoms with Gasteiger partial charge in [-0.15, -0.1) is 0 Å². The third-order valence-electron chi connectivity index (χ3n) is 2.39. The van der Waals surface area contributed by atoms with E-state index >= 15 is 0 Å². The van der Waals surface area contributed by atoms with Crippen LogP contribution in [0.1, 0.15) is 5.69 Å². The zero-order valence-corrected chi connectivity index (χ0v) is 10.7. The van der Waals surface area contributed by atoms with Crippen LogP contribution in [0.5, 0.6) is 0 Å². The maximum Gasteiger partial charge on any atom is 0.190 e. The summed E-state index contributed by atoms with van der Waals surface area (Å²) in [5.41, 5.74) is 7.03. The summed E-state index contributed by atoms with van der Waals surface area (Å²) in [6.07, 6.45) is 5.92. The van der Waals surface area contributed by atoms with E-state index in [1.165, 1.54) is 30.5 Å². The highest BCUT2D eigenvalue weighted by Crippen LogP contribution is 2.27. The van der Waals surface area contributed by atoms with Crippen LogP contribution in [0.15, 0.2) is 40.3 Å². The van der Waals surface area contributed by atoms with Crippen molar-refractivity contribution in [3.05, 3.63) is 30.7 Å². The van der Waals surface area contributed by atoms with Gasteiger partial charge in [-0.05, 0) is 11.8 Å². The Kier molecular flexibility index (Phi) is 3.13. The van der Waals surface area contributed by atoms with E-state index in [2.05, 4.69) is 35.1 Å². The Morgan fingerprint density at radius 2 is 2.10 bits per heavy atom. The van der Waals surface area contributed by atoms with Gasteiger partial charge in [-0.1, -0.05) is 5.16 Å². The van der Waals surface area contributed by atoms with Crippen LogP contribution >= 0.6 is 11.8 Å². The van der Waals surface area contributed by atoms with Crippen molar-refractivity contribution in [2.75, 3.05) is 0 Å². The summed E-state index contributed by atoms with van der Waals surface area (Å²) in [5.74, 6) is -0.0907. The number of oxime groups is 1. The molecular formula is C10H8N8OS. The van der Waals surface area contributed by atoms with Gasteiger partial charge in [0.05, 0.1) is 18.7 Å². The van der Waals surface area contributed by atoms with Crippen LogP contribution in [0.4, 0.5) is 0 Å². The second kappa shape index (κ2) is 5.09. The quantitative estimate of drug-likeness (QED) is 0.207. The Balaban J connectivity index is 1.89. The van der Waals surface area contributed by atoms with Gasteiger partial charge in [-0.2, -0.15) is 0 Å². The fourth-order valence-corrected chi connectivity index (χ4v) is 2.23. The van der Waals surface area contributed by atoms with E-state index in [4.69, 9.17) is 10.9 Å². The zero-order valence-electron chi connectivity index (χ0n) is 9.93. The summed E-state index contributed by atoms with van der Waals surface area (Å²) < 4.78 is 0. The van der Waals surface area contributed by atoms with E-state index < -0.39 is 0 Å². The highest BCUT2D eigenvalue weighted by Gasteiger charge is 2.09. The minimum Gasteiger partial charge on any atom is -0.409 e. The number of nitrogens with zero attached hydrogens (tertiary/aromatic N) is 6. The molecule has 0 atom stereocenters. The first kappa shape index (κ1) is 12.3. The molecule has 0 bridgehead atoms. The molecule has 0 aliphatic heterocycles. The minimum absolute atomic E-state index is 0.0907. The molecule has 0 spiro atoms. The first-order chi connectivity index (χ1) is 9.78. The molecule has 0 fully saturated rings. The summed E-state index contributed by atoms with van der Waals surface area (Å²) in [7, 11) is 0. The molecule has 3 aromatic heterocycles. The summed E-state index contributed by atoms with van der Waals surface area (Å²) in [4.78, 5) is 23.4. The van der Waals surface area contributed by atoms with Crippen LogP contribution in [0.2, 0.25) is 0 Å². The smallest absolute Gasteiger partial charge is 0.190 e. The lowest BCUT2D eigenvalue weighted by Crippen LogP contribution is -2.15. The molecule has 3 heterocycles. The molecule has 9 nitrogen and oxygen atoms in total. The monoisotopic (exact) mass is 288 g/mol. The van der Waals surface area contributed by atoms with Crippen LogP contribution in [0, 0.1) is 0 Å². The predicted molar refractivity (Wildman–Crippen MR) is 70.3 cm³/mol. The number of H-pyrrole nitrogens is 1. The van der Waals surface area contributed by atoms with E-state index in [1.54, 1.807) is 6.33 Å². The maximum absolute atomic E-state index is 8.55. The number of hydrogen-bond donors (Lipinski definition) is 3. The zero-order chi connectivity index (χ0) is 13.9. The fourth-order valence-electron chi connectivity index (χ4n) is 1.47. The Bertz CT molecular complexity index is 768. The number of amidine groups is 1. The number of imidazole rings is 1. The summed E-state index contributed by atoms with van der Waals surface area (Å²) in [6, 6.07) is 0. The number of aromatic nitrogens is 6. The Hall–Kier alpha value is -2.75. The first-order valence-corrected chi connectivity index (χ1v) is 6.21. The van der Waals surface area contributed by atoms with Crippen molar-refractivity contribution >= 4 is 28.8 Å². The topological polar surface area (TPSA) is 139 Å². The average Bonchev–Trinajstić information content (AvgIpc) is 2.97. The van der Waals surface area contributed by atoms with Crippen molar-refractivity contribution in [3.63, 3.8) is 0 Å². The molecule has 0 unspecified atom stereocenters. The number of aromatic amines is 1. The van der Waals surface area contributed by atoms with Gasteiger partial charge < -0.3 is 15.9 Å². The van der Waals surface area contributed by atoms with Crippen molar-refractivity contribution in [1.82, 2.24) is 29.9 Å².